The van der Waals surface area contributed by atoms with E-state index in [1.54, 1.807) is 25.4 Å². The quantitative estimate of drug-likeness (QED) is 0.438. The summed E-state index contributed by atoms with van der Waals surface area (Å²) in [6.07, 6.45) is 11.0. The number of carbonyl (C=O) groups is 1. The van der Waals surface area contributed by atoms with Gasteiger partial charge in [-0.1, -0.05) is 34.1 Å². The summed E-state index contributed by atoms with van der Waals surface area (Å²) in [7, 11) is 1.62. The first-order valence-electron chi connectivity index (χ1n) is 15.3. The second-order valence-electron chi connectivity index (χ2n) is 13.7. The number of nitrogens with one attached hydrogen (secondary N) is 1. The van der Waals surface area contributed by atoms with Crippen molar-refractivity contribution in [1.82, 2.24) is 10.3 Å². The number of fused-ring (bicyclic) bond motifs is 5. The van der Waals surface area contributed by atoms with Crippen molar-refractivity contribution in [3.8, 4) is 5.88 Å². The van der Waals surface area contributed by atoms with E-state index in [4.69, 9.17) is 4.74 Å². The summed E-state index contributed by atoms with van der Waals surface area (Å²) >= 11 is 0. The monoisotopic (exact) mass is 526 g/mol. The maximum atomic E-state index is 11.9. The van der Waals surface area contributed by atoms with Crippen molar-refractivity contribution < 1.29 is 19.7 Å². The van der Waals surface area contributed by atoms with E-state index in [0.29, 0.717) is 59.5 Å². The Morgan fingerprint density at radius 2 is 1.84 bits per heavy atom. The standard InChI is InChI=1S/C32H50N2O4/c1-6-22-26-17-21(35)11-14-32(26,4)25-12-15-31(3)23(8-9-24(31)28(25)29(22)36)19(2)13-16-38-27-10-7-20(18-34-27)30(37)33-5/h7,10,18-19,21-26,28-29,35-36H,6,8-9,11-17H2,1-5H3,(H,33,37)/t19-,21-,22-,23-,24+,25+,26+,28+,29-,31-,32-/m1/s1. The van der Waals surface area contributed by atoms with Crippen LogP contribution in [0, 0.1) is 52.3 Å². The van der Waals surface area contributed by atoms with Gasteiger partial charge in [-0.05, 0) is 110 Å². The Balaban J connectivity index is 1.26. The molecule has 0 aliphatic heterocycles. The molecular weight excluding hydrogens is 476 g/mol. The van der Waals surface area contributed by atoms with Crippen LogP contribution in [0.1, 0.15) is 95.8 Å². The molecule has 5 rings (SSSR count). The Labute approximate surface area is 229 Å². The lowest BCUT2D eigenvalue weighted by atomic mass is 9.41. The summed E-state index contributed by atoms with van der Waals surface area (Å²) in [5.74, 6) is 3.93. The van der Waals surface area contributed by atoms with Gasteiger partial charge >= 0.3 is 0 Å². The SMILES string of the molecule is CC[C@H]1[C@@H](O)[C@@H]2[C@H](CC[C@]3(C)[C@@H]([C@H](C)CCOc4ccc(C(=O)NC)cn4)CC[C@@H]23)[C@@]2(C)CC[C@@H](O)C[C@@H]12. The molecule has 4 fully saturated rings. The first-order valence-corrected chi connectivity index (χ1v) is 15.3. The molecule has 0 unspecified atom stereocenters. The number of ether oxygens (including phenoxy) is 1. The van der Waals surface area contributed by atoms with Crippen LogP contribution in [-0.2, 0) is 0 Å². The summed E-state index contributed by atoms with van der Waals surface area (Å²) in [6, 6.07) is 3.53. The van der Waals surface area contributed by atoms with E-state index in [9.17, 15) is 15.0 Å². The van der Waals surface area contributed by atoms with Crippen molar-refractivity contribution >= 4 is 5.91 Å². The third kappa shape index (κ3) is 4.58. The zero-order chi connectivity index (χ0) is 27.2. The normalized spacial score (nSPS) is 42.9. The molecule has 1 aromatic heterocycles. The van der Waals surface area contributed by atoms with E-state index < -0.39 is 0 Å². The fraction of sp³-hybridized carbons (Fsp3) is 0.812. The average Bonchev–Trinajstić information content (AvgIpc) is 3.27. The molecule has 4 saturated carbocycles. The molecule has 11 atom stereocenters. The number of rotatable bonds is 7. The van der Waals surface area contributed by atoms with Crippen molar-refractivity contribution in [2.24, 2.45) is 52.3 Å². The van der Waals surface area contributed by atoms with E-state index in [0.717, 1.165) is 32.1 Å². The maximum absolute atomic E-state index is 11.9. The highest BCUT2D eigenvalue weighted by Crippen LogP contribution is 2.69. The highest BCUT2D eigenvalue weighted by molar-refractivity contribution is 5.93. The molecule has 0 spiro atoms. The zero-order valence-corrected chi connectivity index (χ0v) is 24.2. The Bertz CT molecular complexity index is 984. The number of aliphatic hydroxyl groups is 2. The topological polar surface area (TPSA) is 91.7 Å². The van der Waals surface area contributed by atoms with Gasteiger partial charge in [0.05, 0.1) is 24.4 Å². The minimum absolute atomic E-state index is 0.143. The summed E-state index contributed by atoms with van der Waals surface area (Å²) in [4.78, 5) is 16.1. The maximum Gasteiger partial charge on any atom is 0.252 e. The molecule has 6 nitrogen and oxygen atoms in total. The van der Waals surface area contributed by atoms with Crippen LogP contribution in [-0.4, -0.2) is 47.0 Å². The van der Waals surface area contributed by atoms with Crippen LogP contribution in [0.4, 0.5) is 0 Å². The van der Waals surface area contributed by atoms with Gasteiger partial charge in [0.25, 0.3) is 5.91 Å². The van der Waals surface area contributed by atoms with E-state index in [1.807, 2.05) is 0 Å². The molecule has 0 radical (unpaired) electrons. The van der Waals surface area contributed by atoms with Gasteiger partial charge in [0.2, 0.25) is 5.88 Å². The molecule has 0 aromatic carbocycles. The predicted octanol–water partition coefficient (Wildman–Crippen LogP) is 5.47. The van der Waals surface area contributed by atoms with Gasteiger partial charge in [-0.25, -0.2) is 4.98 Å². The fourth-order valence-corrected chi connectivity index (χ4v) is 10.2. The van der Waals surface area contributed by atoms with Crippen LogP contribution >= 0.6 is 0 Å². The molecule has 4 aliphatic rings. The third-order valence-corrected chi connectivity index (χ3v) is 12.2. The molecule has 3 N–H and O–H groups in total. The van der Waals surface area contributed by atoms with Gasteiger partial charge in [0.15, 0.2) is 0 Å². The number of pyridine rings is 1. The number of carbonyl (C=O) groups excluding carboxylic acids is 1. The minimum atomic E-state index is -0.237. The molecule has 38 heavy (non-hydrogen) atoms. The van der Waals surface area contributed by atoms with Gasteiger partial charge in [-0.3, -0.25) is 4.79 Å². The van der Waals surface area contributed by atoms with Crippen LogP contribution in [0.3, 0.4) is 0 Å². The van der Waals surface area contributed by atoms with Crippen molar-refractivity contribution in [2.45, 2.75) is 97.7 Å². The summed E-state index contributed by atoms with van der Waals surface area (Å²) < 4.78 is 5.98. The minimum Gasteiger partial charge on any atom is -0.478 e. The smallest absolute Gasteiger partial charge is 0.252 e. The zero-order valence-electron chi connectivity index (χ0n) is 24.2. The van der Waals surface area contributed by atoms with Crippen molar-refractivity contribution in [2.75, 3.05) is 13.7 Å². The second kappa shape index (κ2) is 10.7. The molecule has 0 saturated heterocycles. The third-order valence-electron chi connectivity index (χ3n) is 12.2. The number of nitrogens with zero attached hydrogens (tertiary/aromatic N) is 1. The van der Waals surface area contributed by atoms with Crippen molar-refractivity contribution in [1.29, 1.82) is 0 Å². The lowest BCUT2D eigenvalue weighted by molar-refractivity contribution is -0.203. The number of amides is 1. The predicted molar refractivity (Wildman–Crippen MR) is 149 cm³/mol. The summed E-state index contributed by atoms with van der Waals surface area (Å²) in [5, 5.41) is 25.0. The molecule has 4 aliphatic carbocycles. The number of aliphatic hydroxyl groups excluding tert-OH is 2. The fourth-order valence-electron chi connectivity index (χ4n) is 10.2. The Morgan fingerprint density at radius 1 is 1.11 bits per heavy atom. The lowest BCUT2D eigenvalue weighted by Gasteiger charge is -2.64. The Kier molecular flexibility index (Phi) is 7.87. The molecule has 1 amide bonds. The van der Waals surface area contributed by atoms with E-state index in [1.165, 1.54) is 25.7 Å². The molecule has 1 heterocycles. The summed E-state index contributed by atoms with van der Waals surface area (Å²) in [6.45, 7) is 10.3. The van der Waals surface area contributed by atoms with E-state index in [-0.39, 0.29) is 28.9 Å². The van der Waals surface area contributed by atoms with Crippen molar-refractivity contribution in [3.05, 3.63) is 23.9 Å². The number of hydrogen-bond donors (Lipinski definition) is 3. The van der Waals surface area contributed by atoms with Crippen LogP contribution in [0.15, 0.2) is 18.3 Å². The number of hydrogen-bond acceptors (Lipinski definition) is 5. The van der Waals surface area contributed by atoms with E-state index >= 15 is 0 Å². The highest BCUT2D eigenvalue weighted by atomic mass is 16.5. The second-order valence-corrected chi connectivity index (χ2v) is 13.7. The van der Waals surface area contributed by atoms with Gasteiger partial charge < -0.3 is 20.3 Å². The van der Waals surface area contributed by atoms with Crippen LogP contribution in [0.25, 0.3) is 0 Å². The first-order chi connectivity index (χ1) is 18.1. The highest BCUT2D eigenvalue weighted by Gasteiger charge is 2.64. The first kappa shape index (κ1) is 27.9. The number of aromatic nitrogens is 1. The Hall–Kier alpha value is -1.66. The molecule has 212 valence electrons. The summed E-state index contributed by atoms with van der Waals surface area (Å²) in [5.41, 5.74) is 1.06. The van der Waals surface area contributed by atoms with Gasteiger partial charge in [-0.15, -0.1) is 0 Å². The van der Waals surface area contributed by atoms with Gasteiger partial charge in [0, 0.05) is 19.3 Å². The lowest BCUT2D eigenvalue weighted by Crippen LogP contribution is -2.62. The van der Waals surface area contributed by atoms with E-state index in [2.05, 4.69) is 38.0 Å². The van der Waals surface area contributed by atoms with Crippen LogP contribution in [0.5, 0.6) is 5.88 Å². The Morgan fingerprint density at radius 3 is 2.53 bits per heavy atom. The van der Waals surface area contributed by atoms with Crippen LogP contribution < -0.4 is 10.1 Å². The molecular formula is C32H50N2O4. The molecule has 6 heteroatoms. The van der Waals surface area contributed by atoms with Crippen molar-refractivity contribution in [3.63, 3.8) is 0 Å². The van der Waals surface area contributed by atoms with Crippen LogP contribution in [0.2, 0.25) is 0 Å². The van der Waals surface area contributed by atoms with Gasteiger partial charge in [-0.2, -0.15) is 0 Å². The molecule has 0 bridgehead atoms. The average molecular weight is 527 g/mol. The largest absolute Gasteiger partial charge is 0.478 e. The van der Waals surface area contributed by atoms with Gasteiger partial charge in [0.1, 0.15) is 0 Å². The molecule has 1 aromatic rings.